The first-order valence-corrected chi connectivity index (χ1v) is 11.3. The van der Waals surface area contributed by atoms with Gasteiger partial charge in [0.25, 0.3) is 5.91 Å². The highest BCUT2D eigenvalue weighted by molar-refractivity contribution is 5.96. The number of aryl methyl sites for hydroxylation is 1. The van der Waals surface area contributed by atoms with Crippen LogP contribution in [0.2, 0.25) is 0 Å². The zero-order chi connectivity index (χ0) is 24.0. The molecule has 0 bridgehead atoms. The summed E-state index contributed by atoms with van der Waals surface area (Å²) in [4.78, 5) is 24.2. The van der Waals surface area contributed by atoms with Gasteiger partial charge in [-0.05, 0) is 66.9 Å². The van der Waals surface area contributed by atoms with Crippen LogP contribution in [0.4, 0.5) is 11.4 Å². The molecule has 0 heterocycles. The average Bonchev–Trinajstić information content (AvgIpc) is 2.87. The molecule has 0 radical (unpaired) electrons. The van der Waals surface area contributed by atoms with E-state index in [-0.39, 0.29) is 18.4 Å². The molecule has 0 saturated carbocycles. The Kier molecular flexibility index (Phi) is 9.95. The summed E-state index contributed by atoms with van der Waals surface area (Å²) in [6, 6.07) is 24.6. The van der Waals surface area contributed by atoms with Crippen molar-refractivity contribution in [2.45, 2.75) is 12.8 Å². The number of anilines is 2. The van der Waals surface area contributed by atoms with Crippen LogP contribution in [0.3, 0.4) is 0 Å². The quantitative estimate of drug-likeness (QED) is 0.333. The lowest BCUT2D eigenvalue weighted by molar-refractivity contribution is -0.114. The maximum absolute atomic E-state index is 12.2. The molecule has 7 heteroatoms. The SMILES string of the molecule is COCCNC(=O)c1ccc(NC(=O)CNc2ccc(OCCCc3ccccc3)cc2)cc1. The monoisotopic (exact) mass is 461 g/mol. The molecule has 0 unspecified atom stereocenters. The molecule has 3 aromatic rings. The lowest BCUT2D eigenvalue weighted by Crippen LogP contribution is -2.27. The molecular weight excluding hydrogens is 430 g/mol. The Hall–Kier alpha value is -3.84. The molecule has 0 fully saturated rings. The van der Waals surface area contributed by atoms with Crippen LogP contribution >= 0.6 is 0 Å². The van der Waals surface area contributed by atoms with Crippen molar-refractivity contribution in [3.05, 3.63) is 90.0 Å². The topological polar surface area (TPSA) is 88.7 Å². The highest BCUT2D eigenvalue weighted by Gasteiger charge is 2.07. The van der Waals surface area contributed by atoms with Crippen LogP contribution in [-0.4, -0.2) is 45.2 Å². The van der Waals surface area contributed by atoms with E-state index in [4.69, 9.17) is 9.47 Å². The maximum Gasteiger partial charge on any atom is 0.251 e. The van der Waals surface area contributed by atoms with E-state index in [0.29, 0.717) is 31.0 Å². The second-order valence-corrected chi connectivity index (χ2v) is 7.69. The molecule has 34 heavy (non-hydrogen) atoms. The van der Waals surface area contributed by atoms with Gasteiger partial charge in [-0.1, -0.05) is 30.3 Å². The molecule has 0 saturated heterocycles. The van der Waals surface area contributed by atoms with E-state index < -0.39 is 0 Å². The number of benzene rings is 3. The van der Waals surface area contributed by atoms with Gasteiger partial charge < -0.3 is 25.4 Å². The molecular formula is C27H31N3O4. The van der Waals surface area contributed by atoms with Crippen LogP contribution in [0.5, 0.6) is 5.75 Å². The summed E-state index contributed by atoms with van der Waals surface area (Å²) in [6.07, 6.45) is 1.93. The Morgan fingerprint density at radius 2 is 1.53 bits per heavy atom. The number of amides is 2. The van der Waals surface area contributed by atoms with Crippen molar-refractivity contribution < 1.29 is 19.1 Å². The summed E-state index contributed by atoms with van der Waals surface area (Å²) in [7, 11) is 1.58. The van der Waals surface area contributed by atoms with Crippen LogP contribution in [0.1, 0.15) is 22.3 Å². The van der Waals surface area contributed by atoms with E-state index in [1.54, 1.807) is 31.4 Å². The first-order valence-electron chi connectivity index (χ1n) is 11.3. The second-order valence-electron chi connectivity index (χ2n) is 7.69. The highest BCUT2D eigenvalue weighted by Crippen LogP contribution is 2.16. The maximum atomic E-state index is 12.2. The standard InChI is InChI=1S/C27H31N3O4/c1-33-19-17-28-27(32)22-9-11-24(12-10-22)30-26(31)20-29-23-13-15-25(16-14-23)34-18-5-8-21-6-3-2-4-7-21/h2-4,6-7,9-16,29H,5,8,17-20H2,1H3,(H,28,32)(H,30,31). The van der Waals surface area contributed by atoms with Crippen molar-refractivity contribution >= 4 is 23.2 Å². The van der Waals surface area contributed by atoms with E-state index in [1.807, 2.05) is 42.5 Å². The van der Waals surface area contributed by atoms with Crippen molar-refractivity contribution in [1.82, 2.24) is 5.32 Å². The van der Waals surface area contributed by atoms with Crippen molar-refractivity contribution in [2.75, 3.05) is 44.0 Å². The van der Waals surface area contributed by atoms with Crippen LogP contribution in [0, 0.1) is 0 Å². The molecule has 3 N–H and O–H groups in total. The third-order valence-corrected chi connectivity index (χ3v) is 5.05. The number of carbonyl (C=O) groups is 2. The fourth-order valence-corrected chi connectivity index (χ4v) is 3.24. The van der Waals surface area contributed by atoms with E-state index >= 15 is 0 Å². The minimum absolute atomic E-state index is 0.122. The Morgan fingerprint density at radius 1 is 0.824 bits per heavy atom. The van der Waals surface area contributed by atoms with Gasteiger partial charge in [-0.2, -0.15) is 0 Å². The number of rotatable bonds is 13. The van der Waals surface area contributed by atoms with Gasteiger partial charge in [0, 0.05) is 30.6 Å². The van der Waals surface area contributed by atoms with Gasteiger partial charge in [-0.3, -0.25) is 9.59 Å². The molecule has 0 atom stereocenters. The van der Waals surface area contributed by atoms with Crippen molar-refractivity contribution in [1.29, 1.82) is 0 Å². The summed E-state index contributed by atoms with van der Waals surface area (Å²) in [5.41, 5.74) is 3.28. The molecule has 2 amide bonds. The number of carbonyl (C=O) groups excluding carboxylic acids is 2. The van der Waals surface area contributed by atoms with Crippen molar-refractivity contribution in [3.8, 4) is 5.75 Å². The Labute approximate surface area is 200 Å². The van der Waals surface area contributed by atoms with Gasteiger partial charge in [0.2, 0.25) is 5.91 Å². The average molecular weight is 462 g/mol. The van der Waals surface area contributed by atoms with Crippen LogP contribution < -0.4 is 20.7 Å². The predicted octanol–water partition coefficient (Wildman–Crippen LogP) is 4.13. The fourth-order valence-electron chi connectivity index (χ4n) is 3.24. The minimum atomic E-state index is -0.182. The fraction of sp³-hybridized carbons (Fsp3) is 0.259. The van der Waals surface area contributed by atoms with Crippen molar-refractivity contribution in [2.24, 2.45) is 0 Å². The molecule has 3 aromatic carbocycles. The summed E-state index contributed by atoms with van der Waals surface area (Å²) >= 11 is 0. The molecule has 0 spiro atoms. The zero-order valence-electron chi connectivity index (χ0n) is 19.4. The summed E-state index contributed by atoms with van der Waals surface area (Å²) in [5.74, 6) is 0.438. The lowest BCUT2D eigenvalue weighted by atomic mass is 10.1. The zero-order valence-corrected chi connectivity index (χ0v) is 19.4. The normalized spacial score (nSPS) is 10.4. The number of hydrogen-bond donors (Lipinski definition) is 3. The van der Waals surface area contributed by atoms with Gasteiger partial charge in [-0.15, -0.1) is 0 Å². The van der Waals surface area contributed by atoms with Crippen LogP contribution in [0.15, 0.2) is 78.9 Å². The van der Waals surface area contributed by atoms with Gasteiger partial charge in [0.05, 0.1) is 19.8 Å². The molecule has 3 rings (SSSR count). The molecule has 0 aliphatic rings. The summed E-state index contributed by atoms with van der Waals surface area (Å²) < 4.78 is 10.7. The third kappa shape index (κ3) is 8.60. The molecule has 178 valence electrons. The summed E-state index contributed by atoms with van der Waals surface area (Å²) in [5, 5.41) is 8.66. The lowest BCUT2D eigenvalue weighted by Gasteiger charge is -2.10. The van der Waals surface area contributed by atoms with E-state index in [9.17, 15) is 9.59 Å². The van der Waals surface area contributed by atoms with Gasteiger partial charge in [-0.25, -0.2) is 0 Å². The largest absolute Gasteiger partial charge is 0.494 e. The van der Waals surface area contributed by atoms with Crippen molar-refractivity contribution in [3.63, 3.8) is 0 Å². The molecule has 0 aromatic heterocycles. The highest BCUT2D eigenvalue weighted by atomic mass is 16.5. The minimum Gasteiger partial charge on any atom is -0.494 e. The second kappa shape index (κ2) is 13.6. The third-order valence-electron chi connectivity index (χ3n) is 5.05. The number of hydrogen-bond acceptors (Lipinski definition) is 5. The van der Waals surface area contributed by atoms with E-state index in [2.05, 4.69) is 28.1 Å². The van der Waals surface area contributed by atoms with Gasteiger partial charge >= 0.3 is 0 Å². The Balaban J connectivity index is 1.35. The van der Waals surface area contributed by atoms with Gasteiger partial charge in [0.1, 0.15) is 5.75 Å². The molecule has 7 nitrogen and oxygen atoms in total. The number of nitrogens with one attached hydrogen (secondary N) is 3. The Bertz CT molecular complexity index is 1020. The van der Waals surface area contributed by atoms with Crippen LogP contribution in [0.25, 0.3) is 0 Å². The first kappa shape index (κ1) is 24.8. The Morgan fingerprint density at radius 3 is 2.24 bits per heavy atom. The first-order chi connectivity index (χ1) is 16.6. The molecule has 0 aliphatic carbocycles. The van der Waals surface area contributed by atoms with E-state index in [0.717, 1.165) is 24.3 Å². The van der Waals surface area contributed by atoms with Crippen LogP contribution in [-0.2, 0) is 16.0 Å². The predicted molar refractivity (Wildman–Crippen MR) is 134 cm³/mol. The number of methoxy groups -OCH3 is 1. The summed E-state index contributed by atoms with van der Waals surface area (Å²) in [6.45, 7) is 1.67. The smallest absolute Gasteiger partial charge is 0.251 e. The molecule has 0 aliphatic heterocycles. The van der Waals surface area contributed by atoms with E-state index in [1.165, 1.54) is 5.56 Å². The van der Waals surface area contributed by atoms with Gasteiger partial charge in [0.15, 0.2) is 0 Å². The number of ether oxygens (including phenoxy) is 2.